The third kappa shape index (κ3) is 3.76. The Morgan fingerprint density at radius 2 is 1.97 bits per heavy atom. The number of aliphatic hydroxyl groups is 3. The maximum absolute atomic E-state index is 12.2. The number of fused-ring (bicyclic) bond motifs is 1. The number of carbonyl (C=O) groups is 1. The highest BCUT2D eigenvalue weighted by Gasteiger charge is 2.44. The van der Waals surface area contributed by atoms with E-state index in [1.165, 1.54) is 17.2 Å². The Hall–Kier alpha value is -3.12. The number of imidazole rings is 1. The van der Waals surface area contributed by atoms with Crippen molar-refractivity contribution in [2.75, 3.05) is 18.5 Å². The van der Waals surface area contributed by atoms with Gasteiger partial charge >= 0.3 is 0 Å². The molecule has 0 bridgehead atoms. The summed E-state index contributed by atoms with van der Waals surface area (Å²) in [6.45, 7) is -0.663. The lowest BCUT2D eigenvalue weighted by Gasteiger charge is -2.16. The highest BCUT2D eigenvalue weighted by molar-refractivity contribution is 5.97. The summed E-state index contributed by atoms with van der Waals surface area (Å²) < 4.78 is 12.3. The van der Waals surface area contributed by atoms with Crippen LogP contribution >= 0.6 is 0 Å². The van der Waals surface area contributed by atoms with Crippen molar-refractivity contribution in [1.29, 1.82) is 0 Å². The first-order chi connectivity index (χ1) is 14.1. The van der Waals surface area contributed by atoms with Crippen molar-refractivity contribution < 1.29 is 29.6 Å². The number of nitrogens with one attached hydrogen (secondary N) is 1. The second-order valence-electron chi connectivity index (χ2n) is 6.43. The lowest BCUT2D eigenvalue weighted by molar-refractivity contribution is -0.118. The van der Waals surface area contributed by atoms with Crippen molar-refractivity contribution in [3.05, 3.63) is 43.0 Å². The molecule has 1 aliphatic rings. The van der Waals surface area contributed by atoms with Crippen molar-refractivity contribution in [3.8, 4) is 5.75 Å². The van der Waals surface area contributed by atoms with Crippen molar-refractivity contribution in [2.45, 2.75) is 24.5 Å². The molecule has 1 aromatic carbocycles. The molecule has 0 radical (unpaired) electrons. The number of hydrogen-bond acceptors (Lipinski definition) is 9. The Morgan fingerprint density at radius 3 is 2.69 bits per heavy atom. The molecule has 0 unspecified atom stereocenters. The quantitative estimate of drug-likeness (QED) is 0.426. The average molecular weight is 401 g/mol. The number of aromatic nitrogens is 4. The number of anilines is 1. The molecule has 4 atom stereocenters. The molecule has 1 saturated heterocycles. The topological polar surface area (TPSA) is 152 Å². The molecular weight excluding hydrogens is 382 g/mol. The second-order valence-corrected chi connectivity index (χ2v) is 6.43. The monoisotopic (exact) mass is 401 g/mol. The van der Waals surface area contributed by atoms with Gasteiger partial charge < -0.3 is 30.1 Å². The predicted molar refractivity (Wildman–Crippen MR) is 98.9 cm³/mol. The van der Waals surface area contributed by atoms with Gasteiger partial charge in [-0.2, -0.15) is 0 Å². The number of benzene rings is 1. The summed E-state index contributed by atoms with van der Waals surface area (Å²) in [5.74, 6) is 0.294. The molecule has 11 heteroatoms. The van der Waals surface area contributed by atoms with Crippen LogP contribution in [0.5, 0.6) is 5.75 Å². The van der Waals surface area contributed by atoms with Crippen LogP contribution < -0.4 is 10.1 Å². The van der Waals surface area contributed by atoms with E-state index in [0.717, 1.165) is 0 Å². The van der Waals surface area contributed by atoms with Crippen LogP contribution in [0.25, 0.3) is 11.2 Å². The zero-order valence-corrected chi connectivity index (χ0v) is 15.1. The van der Waals surface area contributed by atoms with E-state index in [-0.39, 0.29) is 23.6 Å². The first kappa shape index (κ1) is 19.2. The summed E-state index contributed by atoms with van der Waals surface area (Å²) in [5, 5.41) is 32.0. The van der Waals surface area contributed by atoms with Crippen LogP contribution in [0.1, 0.15) is 6.23 Å². The van der Waals surface area contributed by atoms with E-state index in [9.17, 15) is 20.1 Å². The third-order valence-corrected chi connectivity index (χ3v) is 4.52. The van der Waals surface area contributed by atoms with E-state index in [1.807, 2.05) is 6.07 Å². The zero-order chi connectivity index (χ0) is 20.4. The summed E-state index contributed by atoms with van der Waals surface area (Å²) in [7, 11) is 0. The first-order valence-electron chi connectivity index (χ1n) is 8.86. The van der Waals surface area contributed by atoms with Gasteiger partial charge in [-0.1, -0.05) is 18.2 Å². The molecule has 4 N–H and O–H groups in total. The van der Waals surface area contributed by atoms with Crippen LogP contribution in [0.2, 0.25) is 0 Å². The Kier molecular flexibility index (Phi) is 5.36. The van der Waals surface area contributed by atoms with Gasteiger partial charge in [0.05, 0.1) is 12.9 Å². The van der Waals surface area contributed by atoms with Gasteiger partial charge in [-0.15, -0.1) is 0 Å². The molecule has 2 aromatic heterocycles. The number of rotatable bonds is 6. The van der Waals surface area contributed by atoms with Gasteiger partial charge in [0, 0.05) is 0 Å². The van der Waals surface area contributed by atoms with Crippen molar-refractivity contribution in [3.63, 3.8) is 0 Å². The van der Waals surface area contributed by atoms with Gasteiger partial charge in [0.1, 0.15) is 30.4 Å². The van der Waals surface area contributed by atoms with E-state index in [2.05, 4.69) is 20.3 Å². The van der Waals surface area contributed by atoms with Crippen molar-refractivity contribution >= 4 is 22.9 Å². The summed E-state index contributed by atoms with van der Waals surface area (Å²) in [5.41, 5.74) is 0.562. The molecule has 3 heterocycles. The minimum Gasteiger partial charge on any atom is -0.484 e. The number of hydrogen-bond donors (Lipinski definition) is 4. The average Bonchev–Trinajstić information content (AvgIpc) is 3.29. The molecule has 1 fully saturated rings. The summed E-state index contributed by atoms with van der Waals surface area (Å²) in [4.78, 5) is 24.6. The molecule has 1 aliphatic heterocycles. The van der Waals surface area contributed by atoms with E-state index >= 15 is 0 Å². The number of ether oxygens (including phenoxy) is 2. The maximum Gasteiger partial charge on any atom is 0.263 e. The lowest BCUT2D eigenvalue weighted by atomic mass is 10.1. The van der Waals surface area contributed by atoms with Crippen LogP contribution in [0, 0.1) is 0 Å². The fourth-order valence-corrected chi connectivity index (χ4v) is 3.07. The molecule has 4 rings (SSSR count). The Bertz CT molecular complexity index is 997. The number of para-hydroxylation sites is 1. The standard InChI is InChI=1S/C18H19N5O6/c24-6-11-14(26)15(27)18(29-11)23-9-21-13-16(19-8-20-17(13)23)22-12(25)7-28-10-4-2-1-3-5-10/h1-5,8-9,11,14-15,18,24,26-27H,6-7H2,(H,19,20,22,25)/t11-,14+,15-,18+/m0/s1. The maximum atomic E-state index is 12.2. The largest absolute Gasteiger partial charge is 0.484 e. The zero-order valence-electron chi connectivity index (χ0n) is 15.1. The minimum absolute atomic E-state index is 0.169. The van der Waals surface area contributed by atoms with Crippen LogP contribution in [0.15, 0.2) is 43.0 Å². The smallest absolute Gasteiger partial charge is 0.263 e. The fourth-order valence-electron chi connectivity index (χ4n) is 3.07. The lowest BCUT2D eigenvalue weighted by Crippen LogP contribution is -2.33. The summed E-state index contributed by atoms with van der Waals surface area (Å²) in [6.07, 6.45) is -1.86. The highest BCUT2D eigenvalue weighted by atomic mass is 16.6. The van der Waals surface area contributed by atoms with Crippen molar-refractivity contribution in [2.24, 2.45) is 0 Å². The fraction of sp³-hybridized carbons (Fsp3) is 0.333. The molecule has 0 spiro atoms. The molecule has 152 valence electrons. The van der Waals surface area contributed by atoms with E-state index in [0.29, 0.717) is 5.75 Å². The first-order valence-corrected chi connectivity index (χ1v) is 8.86. The summed E-state index contributed by atoms with van der Waals surface area (Å²) >= 11 is 0. The number of nitrogens with zero attached hydrogens (tertiary/aromatic N) is 4. The number of amides is 1. The van der Waals surface area contributed by atoms with E-state index in [4.69, 9.17) is 9.47 Å². The van der Waals surface area contributed by atoms with Gasteiger partial charge in [-0.25, -0.2) is 15.0 Å². The Balaban J connectivity index is 1.51. The van der Waals surface area contributed by atoms with E-state index in [1.54, 1.807) is 24.3 Å². The molecule has 11 nitrogen and oxygen atoms in total. The van der Waals surface area contributed by atoms with E-state index < -0.39 is 37.1 Å². The minimum atomic E-state index is -1.28. The summed E-state index contributed by atoms with van der Waals surface area (Å²) in [6, 6.07) is 8.91. The molecule has 0 saturated carbocycles. The molecule has 1 amide bonds. The van der Waals surface area contributed by atoms with Crippen molar-refractivity contribution in [1.82, 2.24) is 19.5 Å². The number of carbonyl (C=O) groups excluding carboxylic acids is 1. The molecule has 0 aliphatic carbocycles. The van der Waals surface area contributed by atoms with Crippen LogP contribution in [-0.2, 0) is 9.53 Å². The molecule has 29 heavy (non-hydrogen) atoms. The second kappa shape index (κ2) is 8.09. The van der Waals surface area contributed by atoms with Crippen LogP contribution in [0.3, 0.4) is 0 Å². The normalized spacial score (nSPS) is 24.0. The Morgan fingerprint density at radius 1 is 1.17 bits per heavy atom. The van der Waals surface area contributed by atoms with Gasteiger partial charge in [0.2, 0.25) is 0 Å². The SMILES string of the molecule is O=C(COc1ccccc1)Nc1ncnc2c1ncn2[C@@H]1O[C@@H](CO)[C@@H](O)[C@@H]1O. The number of aliphatic hydroxyl groups excluding tert-OH is 3. The Labute approximate surface area is 164 Å². The molecule has 3 aromatic rings. The van der Waals surface area contributed by atoms with Gasteiger partial charge in [0.25, 0.3) is 5.91 Å². The predicted octanol–water partition coefficient (Wildman–Crippen LogP) is -0.545. The molecular formula is C18H19N5O6. The third-order valence-electron chi connectivity index (χ3n) is 4.52. The van der Waals surface area contributed by atoms with Crippen LogP contribution in [-0.4, -0.2) is 72.3 Å². The highest BCUT2D eigenvalue weighted by Crippen LogP contribution is 2.32. The van der Waals surface area contributed by atoms with Crippen LogP contribution in [0.4, 0.5) is 5.82 Å². The van der Waals surface area contributed by atoms with Gasteiger partial charge in [0.15, 0.2) is 29.8 Å². The van der Waals surface area contributed by atoms with Gasteiger partial charge in [-0.3, -0.25) is 9.36 Å². The van der Waals surface area contributed by atoms with Gasteiger partial charge in [-0.05, 0) is 12.1 Å².